The summed E-state index contributed by atoms with van der Waals surface area (Å²) in [6.45, 7) is 0.498. The summed E-state index contributed by atoms with van der Waals surface area (Å²) in [6.07, 6.45) is 0.153. The summed E-state index contributed by atoms with van der Waals surface area (Å²) in [5.41, 5.74) is 0. The van der Waals surface area contributed by atoms with Crippen LogP contribution in [0.4, 0.5) is 4.79 Å². The first-order valence-corrected chi connectivity index (χ1v) is 6.18. The molecule has 6 heteroatoms. The van der Waals surface area contributed by atoms with Crippen LogP contribution in [0.15, 0.2) is 17.5 Å². The smallest absolute Gasteiger partial charge is 0.322 e. The number of carbonyl (C=O) groups excluding carboxylic acids is 2. The Morgan fingerprint density at radius 2 is 2.31 bits per heavy atom. The molecule has 1 aromatic heterocycles. The van der Waals surface area contributed by atoms with E-state index in [9.17, 15) is 9.59 Å². The molecular weight excluding hydrogens is 248 g/mol. The van der Waals surface area contributed by atoms with E-state index in [-0.39, 0.29) is 18.2 Å². The highest BCUT2D eigenvalue weighted by Crippen LogP contribution is 2.10. The van der Waals surface area contributed by atoms with Crippen molar-refractivity contribution in [1.29, 1.82) is 0 Å². The number of carbonyl (C=O) groups is 2. The summed E-state index contributed by atoms with van der Waals surface area (Å²) in [5.74, 6) is -0.133. The van der Waals surface area contributed by atoms with Crippen molar-refractivity contribution < 1.29 is 9.59 Å². The fourth-order valence-electron chi connectivity index (χ4n) is 1.07. The van der Waals surface area contributed by atoms with Crippen molar-refractivity contribution in [1.82, 2.24) is 10.2 Å². The third-order valence-corrected chi connectivity index (χ3v) is 2.94. The summed E-state index contributed by atoms with van der Waals surface area (Å²) >= 11 is 6.96. The van der Waals surface area contributed by atoms with E-state index in [0.717, 1.165) is 4.88 Å². The fraction of sp³-hybridized carbons (Fsp3) is 0.400. The maximum absolute atomic E-state index is 11.5. The van der Waals surface area contributed by atoms with Crippen LogP contribution in [-0.2, 0) is 11.3 Å². The number of thiophene rings is 1. The Hall–Kier alpha value is -1.07. The van der Waals surface area contributed by atoms with Crippen LogP contribution < -0.4 is 5.32 Å². The zero-order valence-corrected chi connectivity index (χ0v) is 10.5. The topological polar surface area (TPSA) is 49.4 Å². The van der Waals surface area contributed by atoms with Gasteiger partial charge in [-0.3, -0.25) is 10.1 Å². The van der Waals surface area contributed by atoms with Gasteiger partial charge in [0.05, 0.1) is 6.54 Å². The zero-order valence-electron chi connectivity index (χ0n) is 8.90. The highest BCUT2D eigenvalue weighted by Gasteiger charge is 2.12. The molecule has 0 aliphatic carbocycles. The minimum absolute atomic E-state index is 0.153. The molecule has 3 amide bonds. The second-order valence-electron chi connectivity index (χ2n) is 3.23. The molecule has 1 heterocycles. The third-order valence-electron chi connectivity index (χ3n) is 1.89. The quantitative estimate of drug-likeness (QED) is 0.843. The lowest BCUT2D eigenvalue weighted by molar-refractivity contribution is -0.119. The van der Waals surface area contributed by atoms with Gasteiger partial charge in [-0.2, -0.15) is 0 Å². The molecule has 1 aromatic rings. The third kappa shape index (κ3) is 4.20. The van der Waals surface area contributed by atoms with Gasteiger partial charge in [0.2, 0.25) is 5.91 Å². The Balaban J connectivity index is 2.39. The number of alkyl halides is 1. The van der Waals surface area contributed by atoms with Crippen LogP contribution in [0, 0.1) is 0 Å². The molecule has 0 radical (unpaired) electrons. The van der Waals surface area contributed by atoms with E-state index in [1.54, 1.807) is 18.4 Å². The molecule has 0 unspecified atom stereocenters. The van der Waals surface area contributed by atoms with Crippen LogP contribution in [0.25, 0.3) is 0 Å². The van der Waals surface area contributed by atoms with Gasteiger partial charge in [-0.15, -0.1) is 22.9 Å². The Bertz CT molecular complexity index is 354. The lowest BCUT2D eigenvalue weighted by Crippen LogP contribution is -2.40. The van der Waals surface area contributed by atoms with Crippen LogP contribution in [-0.4, -0.2) is 29.8 Å². The van der Waals surface area contributed by atoms with E-state index in [1.165, 1.54) is 4.90 Å². The first kappa shape index (κ1) is 13.0. The second kappa shape index (κ2) is 6.50. The molecule has 1 rings (SSSR count). The molecule has 0 saturated heterocycles. The minimum Gasteiger partial charge on any atom is -0.322 e. The van der Waals surface area contributed by atoms with E-state index in [4.69, 9.17) is 11.6 Å². The number of nitrogens with zero attached hydrogens (tertiary/aromatic N) is 1. The molecule has 0 aliphatic heterocycles. The van der Waals surface area contributed by atoms with Crippen molar-refractivity contribution in [2.75, 3.05) is 12.9 Å². The SMILES string of the molecule is CN(Cc1cccs1)C(=O)NC(=O)CCCl. The lowest BCUT2D eigenvalue weighted by atomic mass is 10.4. The molecule has 0 spiro atoms. The largest absolute Gasteiger partial charge is 0.324 e. The van der Waals surface area contributed by atoms with E-state index in [1.807, 2.05) is 17.5 Å². The first-order chi connectivity index (χ1) is 7.63. The van der Waals surface area contributed by atoms with Gasteiger partial charge in [0, 0.05) is 24.2 Å². The highest BCUT2D eigenvalue weighted by atomic mass is 35.5. The number of imide groups is 1. The van der Waals surface area contributed by atoms with Gasteiger partial charge in [-0.05, 0) is 11.4 Å². The maximum Gasteiger partial charge on any atom is 0.324 e. The standard InChI is InChI=1S/C10H13ClN2O2S/c1-13(7-8-3-2-6-16-8)10(15)12-9(14)4-5-11/h2-3,6H,4-5,7H2,1H3,(H,12,14,15). The van der Waals surface area contributed by atoms with Crippen molar-refractivity contribution in [3.8, 4) is 0 Å². The number of rotatable bonds is 4. The molecule has 1 N–H and O–H groups in total. The van der Waals surface area contributed by atoms with Gasteiger partial charge in [0.15, 0.2) is 0 Å². The number of halogens is 1. The molecular formula is C10H13ClN2O2S. The predicted octanol–water partition coefficient (Wildman–Crippen LogP) is 2.04. The van der Waals surface area contributed by atoms with E-state index in [0.29, 0.717) is 6.54 Å². The van der Waals surface area contributed by atoms with Crippen molar-refractivity contribution in [3.05, 3.63) is 22.4 Å². The van der Waals surface area contributed by atoms with E-state index < -0.39 is 6.03 Å². The lowest BCUT2D eigenvalue weighted by Gasteiger charge is -2.16. The highest BCUT2D eigenvalue weighted by molar-refractivity contribution is 7.09. The van der Waals surface area contributed by atoms with Crippen molar-refractivity contribution >= 4 is 34.9 Å². The Kier molecular flexibility index (Phi) is 5.28. The Morgan fingerprint density at radius 1 is 1.56 bits per heavy atom. The number of amides is 3. The Morgan fingerprint density at radius 3 is 2.88 bits per heavy atom. The van der Waals surface area contributed by atoms with Gasteiger partial charge < -0.3 is 4.90 Å². The average molecular weight is 261 g/mol. The van der Waals surface area contributed by atoms with Crippen LogP contribution >= 0.6 is 22.9 Å². The molecule has 4 nitrogen and oxygen atoms in total. The van der Waals surface area contributed by atoms with Gasteiger partial charge in [0.1, 0.15) is 0 Å². The van der Waals surface area contributed by atoms with Crippen LogP contribution in [0.2, 0.25) is 0 Å². The fourth-order valence-corrected chi connectivity index (χ4v) is 2.00. The normalized spacial score (nSPS) is 9.88. The van der Waals surface area contributed by atoms with Gasteiger partial charge >= 0.3 is 6.03 Å². The second-order valence-corrected chi connectivity index (χ2v) is 4.64. The summed E-state index contributed by atoms with van der Waals surface area (Å²) in [4.78, 5) is 25.2. The van der Waals surface area contributed by atoms with Crippen molar-refractivity contribution in [2.45, 2.75) is 13.0 Å². The molecule has 16 heavy (non-hydrogen) atoms. The molecule has 0 saturated carbocycles. The summed E-state index contributed by atoms with van der Waals surface area (Å²) < 4.78 is 0. The summed E-state index contributed by atoms with van der Waals surface area (Å²) in [6, 6.07) is 3.46. The van der Waals surface area contributed by atoms with Crippen LogP contribution in [0.3, 0.4) is 0 Å². The molecule has 0 aromatic carbocycles. The van der Waals surface area contributed by atoms with Gasteiger partial charge in [-0.25, -0.2) is 4.79 Å². The van der Waals surface area contributed by atoms with E-state index in [2.05, 4.69) is 5.32 Å². The maximum atomic E-state index is 11.5. The zero-order chi connectivity index (χ0) is 12.0. The monoisotopic (exact) mass is 260 g/mol. The van der Waals surface area contributed by atoms with Gasteiger partial charge in [0.25, 0.3) is 0 Å². The minimum atomic E-state index is -0.400. The molecule has 0 fully saturated rings. The van der Waals surface area contributed by atoms with Crippen molar-refractivity contribution in [3.63, 3.8) is 0 Å². The average Bonchev–Trinajstić information content (AvgIpc) is 2.70. The van der Waals surface area contributed by atoms with Gasteiger partial charge in [-0.1, -0.05) is 6.07 Å². The first-order valence-electron chi connectivity index (χ1n) is 4.76. The predicted molar refractivity (Wildman–Crippen MR) is 64.7 cm³/mol. The van der Waals surface area contributed by atoms with Crippen LogP contribution in [0.5, 0.6) is 0 Å². The summed E-state index contributed by atoms with van der Waals surface area (Å²) in [7, 11) is 1.64. The molecule has 0 bridgehead atoms. The Labute approximate surface area is 103 Å². The van der Waals surface area contributed by atoms with E-state index >= 15 is 0 Å². The van der Waals surface area contributed by atoms with Crippen LogP contribution in [0.1, 0.15) is 11.3 Å². The summed E-state index contributed by atoms with van der Waals surface area (Å²) in [5, 5.41) is 4.21. The molecule has 0 aliphatic rings. The number of nitrogens with one attached hydrogen (secondary N) is 1. The number of urea groups is 1. The molecule has 88 valence electrons. The molecule has 0 atom stereocenters. The number of hydrogen-bond acceptors (Lipinski definition) is 3. The van der Waals surface area contributed by atoms with Crippen molar-refractivity contribution in [2.24, 2.45) is 0 Å². The number of hydrogen-bond donors (Lipinski definition) is 1.